The number of Topliss-reactive ketones (excluding diaryl/α,β-unsaturated/α-hetero) is 1. The summed E-state index contributed by atoms with van der Waals surface area (Å²) in [4.78, 5) is 38.5. The van der Waals surface area contributed by atoms with Gasteiger partial charge in [-0.1, -0.05) is 11.6 Å². The summed E-state index contributed by atoms with van der Waals surface area (Å²) >= 11 is 6.08. The lowest BCUT2D eigenvalue weighted by Crippen LogP contribution is -2.42. The molecule has 1 saturated carbocycles. The van der Waals surface area contributed by atoms with Crippen molar-refractivity contribution in [2.24, 2.45) is 7.05 Å². The molecule has 1 aromatic carbocycles. The monoisotopic (exact) mass is 445 g/mol. The molecule has 3 rings (SSSR count). The van der Waals surface area contributed by atoms with Gasteiger partial charge in [-0.05, 0) is 75.8 Å². The van der Waals surface area contributed by atoms with E-state index in [9.17, 15) is 19.5 Å². The van der Waals surface area contributed by atoms with Crippen molar-refractivity contribution in [3.8, 4) is 0 Å². The highest BCUT2D eigenvalue weighted by molar-refractivity contribution is 6.43. The topological polar surface area (TPSA) is 100 Å². The van der Waals surface area contributed by atoms with E-state index in [-0.39, 0.29) is 23.7 Å². The van der Waals surface area contributed by atoms with Gasteiger partial charge in [-0.3, -0.25) is 14.4 Å². The minimum absolute atomic E-state index is 0.129. The molecule has 7 nitrogen and oxygen atoms in total. The number of nitrogens with one attached hydrogen (secondary N) is 2. The standard InChI is InChI=1S/C23H28ClN3O4/c1-12-9-15(24)11-17(10-12)26-22(30)19-13(2)20(27(4)14(19)3)21(29)23(31)25-16-5-7-18(28)8-6-16/h9-11,16,18,28H,5-8H2,1-4H3,(H,25,31)(H,26,30). The van der Waals surface area contributed by atoms with E-state index in [0.29, 0.717) is 53.2 Å². The SMILES string of the molecule is Cc1cc(Cl)cc(NC(=O)c2c(C)c(C(=O)C(=O)NC3CCC(O)CC3)n(C)c2C)c1. The summed E-state index contributed by atoms with van der Waals surface area (Å²) in [5, 5.41) is 15.7. The van der Waals surface area contributed by atoms with Gasteiger partial charge in [0.1, 0.15) is 0 Å². The third-order valence-corrected chi connectivity index (χ3v) is 6.13. The second-order valence-electron chi connectivity index (χ2n) is 8.27. The first kappa shape index (κ1) is 23.0. The van der Waals surface area contributed by atoms with E-state index in [2.05, 4.69) is 10.6 Å². The molecule has 2 amide bonds. The Hall–Kier alpha value is -2.64. The Labute approximate surface area is 186 Å². The number of aliphatic hydroxyl groups is 1. The van der Waals surface area contributed by atoms with Gasteiger partial charge in [0.25, 0.3) is 17.6 Å². The van der Waals surface area contributed by atoms with Gasteiger partial charge in [0.15, 0.2) is 0 Å². The molecule has 0 bridgehead atoms. The van der Waals surface area contributed by atoms with Crippen LogP contribution >= 0.6 is 11.6 Å². The molecule has 8 heteroatoms. The van der Waals surface area contributed by atoms with Crippen LogP contribution < -0.4 is 10.6 Å². The number of aryl methyl sites for hydroxylation is 1. The van der Waals surface area contributed by atoms with Crippen LogP contribution in [-0.4, -0.2) is 39.4 Å². The van der Waals surface area contributed by atoms with Crippen LogP contribution in [0.5, 0.6) is 0 Å². The number of ketones is 1. The molecular formula is C23H28ClN3O4. The van der Waals surface area contributed by atoms with Crippen LogP contribution in [0.4, 0.5) is 5.69 Å². The molecule has 1 fully saturated rings. The van der Waals surface area contributed by atoms with Crippen LogP contribution in [-0.2, 0) is 11.8 Å². The zero-order valence-corrected chi connectivity index (χ0v) is 19.0. The van der Waals surface area contributed by atoms with E-state index in [1.165, 1.54) is 0 Å². The maximum Gasteiger partial charge on any atom is 0.294 e. The molecule has 0 radical (unpaired) electrons. The van der Waals surface area contributed by atoms with E-state index >= 15 is 0 Å². The third-order valence-electron chi connectivity index (χ3n) is 5.91. The minimum atomic E-state index is -0.692. The average molecular weight is 446 g/mol. The lowest BCUT2D eigenvalue weighted by atomic mass is 9.93. The lowest BCUT2D eigenvalue weighted by Gasteiger charge is -2.25. The lowest BCUT2D eigenvalue weighted by molar-refractivity contribution is -0.118. The zero-order valence-electron chi connectivity index (χ0n) is 18.2. The van der Waals surface area contributed by atoms with Gasteiger partial charge in [0, 0.05) is 29.5 Å². The van der Waals surface area contributed by atoms with Crippen molar-refractivity contribution in [2.45, 2.75) is 58.6 Å². The average Bonchev–Trinajstić information content (AvgIpc) is 2.90. The molecule has 0 spiro atoms. The molecule has 2 aromatic rings. The van der Waals surface area contributed by atoms with Gasteiger partial charge in [-0.2, -0.15) is 0 Å². The molecule has 1 aliphatic rings. The number of carbonyl (C=O) groups excluding carboxylic acids is 3. The Morgan fingerprint density at radius 3 is 2.32 bits per heavy atom. The van der Waals surface area contributed by atoms with Crippen molar-refractivity contribution in [1.29, 1.82) is 0 Å². The molecule has 166 valence electrons. The second-order valence-corrected chi connectivity index (χ2v) is 8.71. The largest absolute Gasteiger partial charge is 0.393 e. The van der Waals surface area contributed by atoms with E-state index < -0.39 is 11.7 Å². The van der Waals surface area contributed by atoms with Gasteiger partial charge in [0.2, 0.25) is 0 Å². The summed E-state index contributed by atoms with van der Waals surface area (Å²) < 4.78 is 1.58. The van der Waals surface area contributed by atoms with Crippen LogP contribution in [0.2, 0.25) is 5.02 Å². The predicted octanol–water partition coefficient (Wildman–Crippen LogP) is 3.46. The minimum Gasteiger partial charge on any atom is -0.393 e. The second kappa shape index (κ2) is 9.24. The van der Waals surface area contributed by atoms with Gasteiger partial charge in [-0.25, -0.2) is 0 Å². The van der Waals surface area contributed by atoms with Gasteiger partial charge in [0.05, 0.1) is 17.4 Å². The molecule has 0 aliphatic heterocycles. The maximum absolute atomic E-state index is 13.0. The molecular weight excluding hydrogens is 418 g/mol. The van der Waals surface area contributed by atoms with Crippen molar-refractivity contribution in [3.05, 3.63) is 51.3 Å². The maximum atomic E-state index is 13.0. The summed E-state index contributed by atoms with van der Waals surface area (Å²) in [5.41, 5.74) is 3.06. The normalized spacial score (nSPS) is 18.5. The van der Waals surface area contributed by atoms with Gasteiger partial charge in [-0.15, -0.1) is 0 Å². The van der Waals surface area contributed by atoms with Crippen molar-refractivity contribution in [2.75, 3.05) is 5.32 Å². The van der Waals surface area contributed by atoms with E-state index in [0.717, 1.165) is 5.56 Å². The van der Waals surface area contributed by atoms with Crippen LogP contribution in [0.25, 0.3) is 0 Å². The number of aliphatic hydroxyl groups excluding tert-OH is 1. The number of amides is 2. The van der Waals surface area contributed by atoms with E-state index in [1.54, 1.807) is 43.7 Å². The molecule has 1 aliphatic carbocycles. The number of halogens is 1. The summed E-state index contributed by atoms with van der Waals surface area (Å²) in [6.07, 6.45) is 2.14. The summed E-state index contributed by atoms with van der Waals surface area (Å²) in [6.45, 7) is 5.29. The predicted molar refractivity (Wildman–Crippen MR) is 120 cm³/mol. The Balaban J connectivity index is 1.81. The highest BCUT2D eigenvalue weighted by Gasteiger charge is 2.30. The molecule has 3 N–H and O–H groups in total. The van der Waals surface area contributed by atoms with E-state index in [1.807, 2.05) is 6.92 Å². The summed E-state index contributed by atoms with van der Waals surface area (Å²) in [5.74, 6) is -1.73. The fourth-order valence-corrected chi connectivity index (χ4v) is 4.50. The number of aromatic nitrogens is 1. The number of carbonyl (C=O) groups is 3. The molecule has 0 saturated heterocycles. The van der Waals surface area contributed by atoms with Crippen molar-refractivity contribution in [3.63, 3.8) is 0 Å². The molecule has 1 aromatic heterocycles. The Morgan fingerprint density at radius 1 is 1.06 bits per heavy atom. The van der Waals surface area contributed by atoms with E-state index in [4.69, 9.17) is 11.6 Å². The molecule has 0 atom stereocenters. The quantitative estimate of drug-likeness (QED) is 0.484. The summed E-state index contributed by atoms with van der Waals surface area (Å²) in [7, 11) is 1.67. The van der Waals surface area contributed by atoms with Crippen LogP contribution in [0.3, 0.4) is 0 Å². The summed E-state index contributed by atoms with van der Waals surface area (Å²) in [6, 6.07) is 5.12. The Kier molecular flexibility index (Phi) is 6.86. The Morgan fingerprint density at radius 2 is 1.71 bits per heavy atom. The smallest absolute Gasteiger partial charge is 0.294 e. The fraction of sp³-hybridized carbons (Fsp3) is 0.435. The number of nitrogens with zero attached hydrogens (tertiary/aromatic N) is 1. The van der Waals surface area contributed by atoms with Crippen molar-refractivity contribution >= 4 is 34.9 Å². The highest BCUT2D eigenvalue weighted by Crippen LogP contribution is 2.25. The number of hydrogen-bond acceptors (Lipinski definition) is 4. The fourth-order valence-electron chi connectivity index (χ4n) is 4.21. The Bertz CT molecular complexity index is 1020. The van der Waals surface area contributed by atoms with Crippen LogP contribution in [0.1, 0.15) is 63.4 Å². The van der Waals surface area contributed by atoms with Crippen LogP contribution in [0, 0.1) is 20.8 Å². The number of benzene rings is 1. The van der Waals surface area contributed by atoms with Crippen molar-refractivity contribution < 1.29 is 19.5 Å². The molecule has 31 heavy (non-hydrogen) atoms. The van der Waals surface area contributed by atoms with Crippen molar-refractivity contribution in [1.82, 2.24) is 9.88 Å². The number of hydrogen-bond donors (Lipinski definition) is 3. The zero-order chi connectivity index (χ0) is 22.9. The number of rotatable bonds is 5. The van der Waals surface area contributed by atoms with Gasteiger partial charge >= 0.3 is 0 Å². The van der Waals surface area contributed by atoms with Crippen LogP contribution in [0.15, 0.2) is 18.2 Å². The first-order valence-electron chi connectivity index (χ1n) is 10.4. The molecule has 0 unspecified atom stereocenters. The third kappa shape index (κ3) is 4.99. The van der Waals surface area contributed by atoms with Gasteiger partial charge < -0.3 is 20.3 Å². The first-order valence-corrected chi connectivity index (χ1v) is 10.7. The molecule has 1 heterocycles. The highest BCUT2D eigenvalue weighted by atomic mass is 35.5. The first-order chi connectivity index (χ1) is 14.6. The number of anilines is 1.